The van der Waals surface area contributed by atoms with E-state index in [-0.39, 0.29) is 35.5 Å². The van der Waals surface area contributed by atoms with Gasteiger partial charge in [-0.15, -0.1) is 11.6 Å². The summed E-state index contributed by atoms with van der Waals surface area (Å²) in [5, 5.41) is 0.432. The summed E-state index contributed by atoms with van der Waals surface area (Å²) < 4.78 is 31.1. The van der Waals surface area contributed by atoms with Gasteiger partial charge in [-0.3, -0.25) is 0 Å². The Bertz CT molecular complexity index is 522. The monoisotopic (exact) mass is 345 g/mol. The van der Waals surface area contributed by atoms with Crippen molar-refractivity contribution in [3.63, 3.8) is 0 Å². The van der Waals surface area contributed by atoms with E-state index in [1.165, 1.54) is 29.6 Å². The quantitative estimate of drug-likeness (QED) is 0.713. The number of methoxy groups -OCH3 is 1. The highest BCUT2D eigenvalue weighted by Gasteiger charge is 2.26. The highest BCUT2D eigenvalue weighted by atomic mass is 35.5. The number of alkyl halides is 1. The summed E-state index contributed by atoms with van der Waals surface area (Å²) >= 11 is 17.4. The fraction of sp³-hybridized carbons (Fsp3) is 0.455. The minimum absolute atomic E-state index is 0.0251. The molecule has 0 bridgehead atoms. The van der Waals surface area contributed by atoms with Crippen molar-refractivity contribution in [2.24, 2.45) is 0 Å². The number of nitrogens with zero attached hydrogens (tertiary/aromatic N) is 1. The highest BCUT2D eigenvalue weighted by molar-refractivity contribution is 7.89. The Labute approximate surface area is 128 Å². The van der Waals surface area contributed by atoms with E-state index in [9.17, 15) is 8.42 Å². The summed E-state index contributed by atoms with van der Waals surface area (Å²) in [5.74, 6) is 0.182. The molecule has 0 saturated heterocycles. The maximum absolute atomic E-state index is 12.5. The predicted molar refractivity (Wildman–Crippen MR) is 77.8 cm³/mol. The Morgan fingerprint density at radius 1 is 1.26 bits per heavy atom. The number of ether oxygens (including phenoxy) is 1. The average Bonchev–Trinajstić information content (AvgIpc) is 2.37. The second-order valence-corrected chi connectivity index (χ2v) is 6.79. The lowest BCUT2D eigenvalue weighted by Gasteiger charge is -2.21. The van der Waals surface area contributed by atoms with E-state index < -0.39 is 10.0 Å². The standard InChI is InChI=1S/C11H14Cl3NO3S/c1-18-7-6-15(5-4-12)19(16,17)11-8-9(13)2-3-10(11)14/h2-3,8H,4-7H2,1H3. The van der Waals surface area contributed by atoms with Crippen LogP contribution in [0.3, 0.4) is 0 Å². The molecule has 4 nitrogen and oxygen atoms in total. The second kappa shape index (κ2) is 7.67. The Kier molecular flexibility index (Phi) is 6.86. The first kappa shape index (κ1) is 17.0. The van der Waals surface area contributed by atoms with Gasteiger partial charge >= 0.3 is 0 Å². The topological polar surface area (TPSA) is 46.6 Å². The number of rotatable bonds is 7. The number of sulfonamides is 1. The summed E-state index contributed by atoms with van der Waals surface area (Å²) in [4.78, 5) is -0.0251. The molecule has 0 heterocycles. The van der Waals surface area contributed by atoms with Gasteiger partial charge in [0.05, 0.1) is 11.6 Å². The Hall–Kier alpha value is -0.0400. The number of hydrogen-bond donors (Lipinski definition) is 0. The minimum atomic E-state index is -3.74. The van der Waals surface area contributed by atoms with Crippen LogP contribution in [-0.2, 0) is 14.8 Å². The summed E-state index contributed by atoms with van der Waals surface area (Å²) in [6.07, 6.45) is 0. The molecule has 0 aliphatic carbocycles. The van der Waals surface area contributed by atoms with E-state index in [0.717, 1.165) is 0 Å². The normalized spacial score (nSPS) is 12.1. The van der Waals surface area contributed by atoms with Crippen LogP contribution < -0.4 is 0 Å². The molecule has 0 aliphatic heterocycles. The van der Waals surface area contributed by atoms with Crippen molar-refractivity contribution < 1.29 is 13.2 Å². The third-order valence-corrected chi connectivity index (χ3v) is 5.17. The van der Waals surface area contributed by atoms with Gasteiger partial charge in [-0.05, 0) is 18.2 Å². The van der Waals surface area contributed by atoms with Gasteiger partial charge in [0.2, 0.25) is 10.0 Å². The van der Waals surface area contributed by atoms with E-state index in [2.05, 4.69) is 0 Å². The van der Waals surface area contributed by atoms with Crippen LogP contribution in [0.1, 0.15) is 0 Å². The first-order valence-corrected chi connectivity index (χ1v) is 8.16. The predicted octanol–water partition coefficient (Wildman–Crippen LogP) is 2.87. The number of hydrogen-bond acceptors (Lipinski definition) is 3. The van der Waals surface area contributed by atoms with Gasteiger partial charge in [0, 0.05) is 31.1 Å². The van der Waals surface area contributed by atoms with Crippen LogP contribution in [0.15, 0.2) is 23.1 Å². The Balaban J connectivity index is 3.14. The van der Waals surface area contributed by atoms with E-state index >= 15 is 0 Å². The van der Waals surface area contributed by atoms with Crippen LogP contribution in [0.25, 0.3) is 0 Å². The average molecular weight is 347 g/mol. The van der Waals surface area contributed by atoms with Gasteiger partial charge < -0.3 is 4.74 Å². The molecule has 19 heavy (non-hydrogen) atoms. The fourth-order valence-corrected chi connectivity index (χ4v) is 3.92. The summed E-state index contributed by atoms with van der Waals surface area (Å²) in [6, 6.07) is 4.31. The van der Waals surface area contributed by atoms with Crippen molar-refractivity contribution >= 4 is 44.8 Å². The van der Waals surface area contributed by atoms with Crippen LogP contribution in [0.5, 0.6) is 0 Å². The molecular formula is C11H14Cl3NO3S. The Morgan fingerprint density at radius 2 is 1.95 bits per heavy atom. The van der Waals surface area contributed by atoms with E-state index in [1.54, 1.807) is 0 Å². The zero-order valence-corrected chi connectivity index (χ0v) is 13.4. The lowest BCUT2D eigenvalue weighted by Crippen LogP contribution is -2.35. The molecule has 0 atom stereocenters. The summed E-state index contributed by atoms with van der Waals surface area (Å²) in [7, 11) is -2.24. The van der Waals surface area contributed by atoms with Gasteiger partial charge in [0.1, 0.15) is 4.90 Å². The second-order valence-electron chi connectivity index (χ2n) is 3.66. The molecule has 8 heteroatoms. The van der Waals surface area contributed by atoms with Crippen LogP contribution >= 0.6 is 34.8 Å². The maximum Gasteiger partial charge on any atom is 0.244 e. The van der Waals surface area contributed by atoms with Gasteiger partial charge in [-0.1, -0.05) is 23.2 Å². The van der Waals surface area contributed by atoms with Crippen LogP contribution in [0.4, 0.5) is 0 Å². The van der Waals surface area contributed by atoms with Crippen molar-refractivity contribution in [2.45, 2.75) is 4.90 Å². The number of benzene rings is 1. The molecule has 0 saturated carbocycles. The molecule has 0 unspecified atom stereocenters. The number of halogens is 3. The maximum atomic E-state index is 12.5. The van der Waals surface area contributed by atoms with Gasteiger partial charge in [-0.2, -0.15) is 4.31 Å². The summed E-state index contributed by atoms with van der Waals surface area (Å²) in [5.41, 5.74) is 0. The lowest BCUT2D eigenvalue weighted by molar-refractivity contribution is 0.180. The van der Waals surface area contributed by atoms with Crippen LogP contribution in [-0.4, -0.2) is 45.4 Å². The van der Waals surface area contributed by atoms with E-state index in [0.29, 0.717) is 5.02 Å². The molecule has 0 spiro atoms. The molecule has 0 N–H and O–H groups in total. The van der Waals surface area contributed by atoms with Crippen molar-refractivity contribution in [1.82, 2.24) is 4.31 Å². The smallest absolute Gasteiger partial charge is 0.244 e. The van der Waals surface area contributed by atoms with E-state index in [4.69, 9.17) is 39.5 Å². The van der Waals surface area contributed by atoms with Crippen molar-refractivity contribution in [3.8, 4) is 0 Å². The zero-order valence-electron chi connectivity index (χ0n) is 10.3. The minimum Gasteiger partial charge on any atom is -0.383 e. The molecule has 0 aromatic heterocycles. The summed E-state index contributed by atoms with van der Waals surface area (Å²) in [6.45, 7) is 0.652. The largest absolute Gasteiger partial charge is 0.383 e. The lowest BCUT2D eigenvalue weighted by atomic mass is 10.4. The molecule has 1 aromatic carbocycles. The van der Waals surface area contributed by atoms with Crippen LogP contribution in [0, 0.1) is 0 Å². The molecule has 1 rings (SSSR count). The van der Waals surface area contributed by atoms with Crippen molar-refractivity contribution in [2.75, 3.05) is 32.7 Å². The first-order valence-electron chi connectivity index (χ1n) is 5.43. The first-order chi connectivity index (χ1) is 8.93. The zero-order chi connectivity index (χ0) is 14.5. The fourth-order valence-electron chi connectivity index (χ4n) is 1.45. The van der Waals surface area contributed by atoms with Gasteiger partial charge in [-0.25, -0.2) is 8.42 Å². The molecule has 1 aromatic rings. The molecule has 0 aliphatic rings. The highest BCUT2D eigenvalue weighted by Crippen LogP contribution is 2.27. The third kappa shape index (κ3) is 4.48. The third-order valence-electron chi connectivity index (χ3n) is 2.39. The molecule has 108 valence electrons. The van der Waals surface area contributed by atoms with E-state index in [1.807, 2.05) is 0 Å². The molecule has 0 fully saturated rings. The Morgan fingerprint density at radius 3 is 2.53 bits per heavy atom. The van der Waals surface area contributed by atoms with Crippen LogP contribution in [0.2, 0.25) is 10.0 Å². The van der Waals surface area contributed by atoms with Gasteiger partial charge in [0.25, 0.3) is 0 Å². The molecular weight excluding hydrogens is 333 g/mol. The van der Waals surface area contributed by atoms with Crippen molar-refractivity contribution in [1.29, 1.82) is 0 Å². The van der Waals surface area contributed by atoms with Crippen molar-refractivity contribution in [3.05, 3.63) is 28.2 Å². The molecule has 0 amide bonds. The SMILES string of the molecule is COCCN(CCCl)S(=O)(=O)c1cc(Cl)ccc1Cl. The molecule has 0 radical (unpaired) electrons. The van der Waals surface area contributed by atoms with Gasteiger partial charge in [0.15, 0.2) is 0 Å².